The highest BCUT2D eigenvalue weighted by Crippen LogP contribution is 2.30. The Labute approximate surface area is 134 Å². The van der Waals surface area contributed by atoms with Crippen molar-refractivity contribution in [2.24, 2.45) is 0 Å². The van der Waals surface area contributed by atoms with Gasteiger partial charge in [-0.1, -0.05) is 66.6 Å². The Hall–Kier alpha value is -2.31. The summed E-state index contributed by atoms with van der Waals surface area (Å²) in [6.45, 7) is 0. The number of rotatable bonds is 5. The molecule has 0 spiro atoms. The largest absolute Gasteiger partial charge is 0.468 e. The van der Waals surface area contributed by atoms with Gasteiger partial charge in [-0.25, -0.2) is 0 Å². The Morgan fingerprint density at radius 1 is 1.09 bits per heavy atom. The average molecular weight is 305 g/mol. The molecule has 0 N–H and O–H groups in total. The number of ether oxygens (including phenoxy) is 1. The lowest BCUT2D eigenvalue weighted by Crippen LogP contribution is -2.36. The van der Waals surface area contributed by atoms with Gasteiger partial charge in [-0.05, 0) is 24.0 Å². The fourth-order valence-corrected chi connectivity index (χ4v) is 2.74. The Morgan fingerprint density at radius 3 is 2.23 bits per heavy atom. The molecule has 0 fully saturated rings. The molecule has 2 aromatic rings. The van der Waals surface area contributed by atoms with E-state index in [4.69, 9.17) is 4.74 Å². The van der Waals surface area contributed by atoms with E-state index in [0.717, 1.165) is 12.0 Å². The number of hydrogen-bond acceptors (Lipinski definition) is 2. The number of aryl methyl sites for hydroxylation is 1. The minimum absolute atomic E-state index is 0.333. The third-order valence-corrected chi connectivity index (χ3v) is 3.83. The summed E-state index contributed by atoms with van der Waals surface area (Å²) in [6.07, 6.45) is 1.30. The molecule has 2 aromatic carbocycles. The van der Waals surface area contributed by atoms with Crippen molar-refractivity contribution in [3.05, 3.63) is 71.8 Å². The van der Waals surface area contributed by atoms with Crippen LogP contribution in [-0.4, -0.2) is 23.3 Å². The molecular weight excluding hydrogens is 288 g/mol. The first kappa shape index (κ1) is 16.1. The fourth-order valence-electron chi connectivity index (χ4n) is 2.53. The number of carbonyl (C=O) groups excluding carboxylic acids is 1. The van der Waals surface area contributed by atoms with Crippen LogP contribution in [0, 0.1) is 11.5 Å². The first-order valence-corrected chi connectivity index (χ1v) is 7.59. The summed E-state index contributed by atoms with van der Waals surface area (Å²) in [7, 11) is 4.59. The van der Waals surface area contributed by atoms with Crippen LogP contribution < -0.4 is 0 Å². The zero-order valence-electron chi connectivity index (χ0n) is 12.5. The zero-order valence-corrected chi connectivity index (χ0v) is 13.5. The first-order chi connectivity index (χ1) is 10.7. The summed E-state index contributed by atoms with van der Waals surface area (Å²) >= 11 is 0. The molecule has 0 aliphatic carbocycles. The summed E-state index contributed by atoms with van der Waals surface area (Å²) in [5.74, 6) is 2.69. The molecule has 0 saturated carbocycles. The van der Waals surface area contributed by atoms with Crippen LogP contribution in [0.1, 0.15) is 17.5 Å². The molecule has 0 aliphatic rings. The third-order valence-electron chi connectivity index (χ3n) is 3.71. The van der Waals surface area contributed by atoms with E-state index in [1.165, 1.54) is 12.7 Å². The normalized spacial score (nSPS) is 12.6. The molecule has 0 bridgehead atoms. The molecule has 0 aliphatic heterocycles. The quantitative estimate of drug-likeness (QED) is 0.482. The highest BCUT2D eigenvalue weighted by atomic mass is 28.1. The third kappa shape index (κ3) is 3.47. The SMILES string of the molecule is COC(=O)C(C#C[Si])(CCc1ccccc1)c1ccccc1. The van der Waals surface area contributed by atoms with Crippen LogP contribution in [0.3, 0.4) is 0 Å². The van der Waals surface area contributed by atoms with E-state index in [9.17, 15) is 4.79 Å². The van der Waals surface area contributed by atoms with Gasteiger partial charge in [0.15, 0.2) is 5.41 Å². The minimum atomic E-state index is -0.965. The summed E-state index contributed by atoms with van der Waals surface area (Å²) in [6, 6.07) is 19.6. The Morgan fingerprint density at radius 2 is 1.68 bits per heavy atom. The number of benzene rings is 2. The van der Waals surface area contributed by atoms with Crippen LogP contribution in [0.25, 0.3) is 0 Å². The van der Waals surface area contributed by atoms with Crippen LogP contribution in [0.5, 0.6) is 0 Å². The number of hydrogen-bond donors (Lipinski definition) is 0. The number of esters is 1. The molecule has 3 radical (unpaired) electrons. The molecule has 0 amide bonds. The maximum atomic E-state index is 12.5. The fraction of sp³-hybridized carbons (Fsp3) is 0.211. The van der Waals surface area contributed by atoms with Gasteiger partial charge in [0.05, 0.1) is 7.11 Å². The van der Waals surface area contributed by atoms with Gasteiger partial charge in [-0.15, -0.1) is 5.54 Å². The van der Waals surface area contributed by atoms with Gasteiger partial charge in [0.1, 0.15) is 10.2 Å². The van der Waals surface area contributed by atoms with Gasteiger partial charge in [0.25, 0.3) is 0 Å². The van der Waals surface area contributed by atoms with Crippen LogP contribution in [0.2, 0.25) is 0 Å². The van der Waals surface area contributed by atoms with Gasteiger partial charge in [0.2, 0.25) is 0 Å². The van der Waals surface area contributed by atoms with E-state index in [2.05, 4.69) is 21.7 Å². The van der Waals surface area contributed by atoms with Crippen molar-refractivity contribution in [3.8, 4) is 11.5 Å². The van der Waals surface area contributed by atoms with Gasteiger partial charge in [0, 0.05) is 0 Å². The second-order valence-electron chi connectivity index (χ2n) is 5.00. The van der Waals surface area contributed by atoms with Crippen LogP contribution in [0.4, 0.5) is 0 Å². The van der Waals surface area contributed by atoms with Gasteiger partial charge in [-0.2, -0.15) is 0 Å². The minimum Gasteiger partial charge on any atom is -0.468 e. The summed E-state index contributed by atoms with van der Waals surface area (Å²) in [5.41, 5.74) is 3.77. The maximum absolute atomic E-state index is 12.5. The summed E-state index contributed by atoms with van der Waals surface area (Å²) in [5, 5.41) is 0. The highest BCUT2D eigenvalue weighted by molar-refractivity contribution is 6.22. The zero-order chi connectivity index (χ0) is 15.8. The first-order valence-electron chi connectivity index (χ1n) is 7.09. The van der Waals surface area contributed by atoms with E-state index >= 15 is 0 Å². The Kier molecular flexibility index (Phi) is 5.57. The summed E-state index contributed by atoms with van der Waals surface area (Å²) < 4.78 is 5.05. The van der Waals surface area contributed by atoms with Crippen molar-refractivity contribution < 1.29 is 9.53 Å². The van der Waals surface area contributed by atoms with Crippen molar-refractivity contribution >= 4 is 16.2 Å². The molecule has 22 heavy (non-hydrogen) atoms. The molecule has 0 aromatic heterocycles. The molecule has 3 heteroatoms. The predicted octanol–water partition coefficient (Wildman–Crippen LogP) is 2.86. The van der Waals surface area contributed by atoms with Gasteiger partial charge < -0.3 is 4.74 Å². The van der Waals surface area contributed by atoms with Crippen molar-refractivity contribution in [2.45, 2.75) is 18.3 Å². The van der Waals surface area contributed by atoms with Gasteiger partial charge in [-0.3, -0.25) is 4.79 Å². The summed E-state index contributed by atoms with van der Waals surface area (Å²) in [4.78, 5) is 12.5. The Bertz CT molecular complexity index is 671. The topological polar surface area (TPSA) is 26.3 Å². The van der Waals surface area contributed by atoms with E-state index in [1.807, 2.05) is 60.7 Å². The smallest absolute Gasteiger partial charge is 0.328 e. The lowest BCUT2D eigenvalue weighted by Gasteiger charge is -2.26. The molecule has 109 valence electrons. The van der Waals surface area contributed by atoms with E-state index in [0.29, 0.717) is 6.42 Å². The monoisotopic (exact) mass is 305 g/mol. The maximum Gasteiger partial charge on any atom is 0.328 e. The van der Waals surface area contributed by atoms with Gasteiger partial charge >= 0.3 is 5.97 Å². The molecule has 1 unspecified atom stereocenters. The lowest BCUT2D eigenvalue weighted by atomic mass is 9.76. The van der Waals surface area contributed by atoms with Crippen molar-refractivity contribution in [1.82, 2.24) is 0 Å². The standard InChI is InChI=1S/C19H17O2Si/c1-21-18(20)19(14-15-22,17-10-6-3-7-11-17)13-12-16-8-4-2-5-9-16/h2-11H,12-13H2,1H3. The molecule has 2 rings (SSSR count). The highest BCUT2D eigenvalue weighted by Gasteiger charge is 2.39. The molecular formula is C19H17O2Si. The van der Waals surface area contributed by atoms with Crippen LogP contribution in [-0.2, 0) is 21.4 Å². The van der Waals surface area contributed by atoms with Crippen molar-refractivity contribution in [1.29, 1.82) is 0 Å². The van der Waals surface area contributed by atoms with E-state index in [-0.39, 0.29) is 5.97 Å². The van der Waals surface area contributed by atoms with Crippen LogP contribution in [0.15, 0.2) is 60.7 Å². The lowest BCUT2D eigenvalue weighted by molar-refractivity contribution is -0.145. The van der Waals surface area contributed by atoms with E-state index < -0.39 is 5.41 Å². The average Bonchev–Trinajstić information content (AvgIpc) is 2.59. The predicted molar refractivity (Wildman–Crippen MR) is 88.4 cm³/mol. The second-order valence-corrected chi connectivity index (χ2v) is 5.25. The van der Waals surface area contributed by atoms with Crippen molar-refractivity contribution in [2.75, 3.05) is 7.11 Å². The molecule has 0 saturated heterocycles. The molecule has 0 heterocycles. The Balaban J connectivity index is 2.39. The van der Waals surface area contributed by atoms with Crippen molar-refractivity contribution in [3.63, 3.8) is 0 Å². The second kappa shape index (κ2) is 7.63. The number of methoxy groups -OCH3 is 1. The van der Waals surface area contributed by atoms with E-state index in [1.54, 1.807) is 0 Å². The van der Waals surface area contributed by atoms with Crippen LogP contribution >= 0.6 is 0 Å². The molecule has 1 atom stereocenters. The molecule has 2 nitrogen and oxygen atoms in total. The number of carbonyl (C=O) groups is 1.